The van der Waals surface area contributed by atoms with Crippen LogP contribution in [0.4, 0.5) is 0 Å². The molecule has 7 nitrogen and oxygen atoms in total. The molecule has 148 valence electrons. The summed E-state index contributed by atoms with van der Waals surface area (Å²) in [4.78, 5) is 40.9. The average molecular weight is 407 g/mol. The first kappa shape index (κ1) is 19.2. The molecule has 0 spiro atoms. The number of rotatable bonds is 4. The van der Waals surface area contributed by atoms with Crippen molar-refractivity contribution in [2.75, 3.05) is 13.1 Å². The van der Waals surface area contributed by atoms with Gasteiger partial charge in [-0.2, -0.15) is 0 Å². The van der Waals surface area contributed by atoms with Crippen LogP contribution in [0.1, 0.15) is 42.1 Å². The summed E-state index contributed by atoms with van der Waals surface area (Å²) in [5, 5.41) is 3.40. The van der Waals surface area contributed by atoms with Crippen molar-refractivity contribution in [2.24, 2.45) is 0 Å². The average Bonchev–Trinajstić information content (AvgIpc) is 3.06. The topological polar surface area (TPSA) is 88.1 Å². The fraction of sp³-hybridized carbons (Fsp3) is 0.286. The minimum absolute atomic E-state index is 0.117. The molecule has 0 fully saturated rings. The second kappa shape index (κ2) is 8.48. The smallest absolute Gasteiger partial charge is 0.280 e. The Balaban J connectivity index is 1.38. The van der Waals surface area contributed by atoms with E-state index in [1.807, 2.05) is 37.3 Å². The van der Waals surface area contributed by atoms with Crippen LogP contribution in [0.5, 0.6) is 0 Å². The highest BCUT2D eigenvalue weighted by Crippen LogP contribution is 2.23. The van der Waals surface area contributed by atoms with Crippen molar-refractivity contribution in [1.82, 2.24) is 25.2 Å². The van der Waals surface area contributed by atoms with Crippen molar-refractivity contribution in [2.45, 2.75) is 26.3 Å². The summed E-state index contributed by atoms with van der Waals surface area (Å²) in [6.45, 7) is 3.44. The molecule has 0 saturated carbocycles. The van der Waals surface area contributed by atoms with Gasteiger partial charge in [-0.3, -0.25) is 14.6 Å². The Morgan fingerprint density at radius 1 is 1.10 bits per heavy atom. The lowest BCUT2D eigenvalue weighted by Gasteiger charge is -2.19. The number of nitrogens with zero attached hydrogens (tertiary/aromatic N) is 4. The van der Waals surface area contributed by atoms with Crippen LogP contribution in [0.3, 0.4) is 0 Å². The van der Waals surface area contributed by atoms with Gasteiger partial charge in [-0.25, -0.2) is 9.97 Å². The Bertz CT molecular complexity index is 992. The van der Waals surface area contributed by atoms with Gasteiger partial charge in [0.1, 0.15) is 5.69 Å². The number of thiazole rings is 1. The molecule has 1 N–H and O–H groups in total. The Morgan fingerprint density at radius 2 is 1.90 bits per heavy atom. The van der Waals surface area contributed by atoms with Gasteiger partial charge in [0.15, 0.2) is 5.01 Å². The Hall–Kier alpha value is -3.13. The van der Waals surface area contributed by atoms with Crippen LogP contribution >= 0.6 is 11.3 Å². The van der Waals surface area contributed by atoms with E-state index in [0.29, 0.717) is 43.2 Å². The molecule has 0 saturated heterocycles. The SMILES string of the molecule is Cc1cnc(C(=O)N2CCc3nc(C(=O)NCc4ccccc4)sc3CC2)cn1. The van der Waals surface area contributed by atoms with Crippen molar-refractivity contribution in [1.29, 1.82) is 0 Å². The highest BCUT2D eigenvalue weighted by molar-refractivity contribution is 7.13. The van der Waals surface area contributed by atoms with Crippen LogP contribution in [0, 0.1) is 6.92 Å². The maximum absolute atomic E-state index is 12.7. The lowest BCUT2D eigenvalue weighted by atomic mass is 10.2. The number of hydrogen-bond donors (Lipinski definition) is 1. The van der Waals surface area contributed by atoms with Crippen LogP contribution < -0.4 is 5.32 Å². The summed E-state index contributed by atoms with van der Waals surface area (Å²) in [7, 11) is 0. The first-order chi connectivity index (χ1) is 14.1. The lowest BCUT2D eigenvalue weighted by Crippen LogP contribution is -2.34. The number of fused-ring (bicyclic) bond motifs is 1. The highest BCUT2D eigenvalue weighted by atomic mass is 32.1. The second-order valence-electron chi connectivity index (χ2n) is 6.89. The van der Waals surface area contributed by atoms with Gasteiger partial charge in [0, 0.05) is 43.5 Å². The number of aromatic nitrogens is 3. The van der Waals surface area contributed by atoms with Crippen LogP contribution in [0.2, 0.25) is 0 Å². The largest absolute Gasteiger partial charge is 0.346 e. The van der Waals surface area contributed by atoms with Crippen LogP contribution in [0.25, 0.3) is 0 Å². The summed E-state index contributed by atoms with van der Waals surface area (Å²) in [5.41, 5.74) is 3.09. The molecule has 3 aromatic rings. The van der Waals surface area contributed by atoms with E-state index in [9.17, 15) is 9.59 Å². The van der Waals surface area contributed by atoms with E-state index >= 15 is 0 Å². The number of hydrogen-bond acceptors (Lipinski definition) is 6. The molecule has 0 unspecified atom stereocenters. The number of aryl methyl sites for hydroxylation is 1. The van der Waals surface area contributed by atoms with Gasteiger partial charge in [-0.1, -0.05) is 30.3 Å². The van der Waals surface area contributed by atoms with Gasteiger partial charge in [0.05, 0.1) is 17.6 Å². The van der Waals surface area contributed by atoms with Crippen molar-refractivity contribution in [3.05, 3.63) is 75.3 Å². The summed E-state index contributed by atoms with van der Waals surface area (Å²) in [5.74, 6) is -0.275. The van der Waals surface area contributed by atoms with E-state index in [2.05, 4.69) is 20.3 Å². The molecular weight excluding hydrogens is 386 g/mol. The molecule has 1 aromatic carbocycles. The van der Waals surface area contributed by atoms with Crippen LogP contribution in [-0.2, 0) is 19.4 Å². The summed E-state index contributed by atoms with van der Waals surface area (Å²) < 4.78 is 0. The first-order valence-corrected chi connectivity index (χ1v) is 10.3. The van der Waals surface area contributed by atoms with Gasteiger partial charge in [0.2, 0.25) is 0 Å². The molecule has 1 aliphatic rings. The molecular formula is C21H21N5O2S. The van der Waals surface area contributed by atoms with E-state index in [4.69, 9.17) is 0 Å². The number of nitrogens with one attached hydrogen (secondary N) is 1. The third kappa shape index (κ3) is 4.48. The van der Waals surface area contributed by atoms with Gasteiger partial charge in [-0.15, -0.1) is 11.3 Å². The van der Waals surface area contributed by atoms with E-state index < -0.39 is 0 Å². The molecule has 0 atom stereocenters. The first-order valence-electron chi connectivity index (χ1n) is 9.49. The monoisotopic (exact) mass is 407 g/mol. The van der Waals surface area contributed by atoms with E-state index in [0.717, 1.165) is 21.8 Å². The molecule has 8 heteroatoms. The zero-order valence-electron chi connectivity index (χ0n) is 16.1. The fourth-order valence-electron chi connectivity index (χ4n) is 3.18. The minimum atomic E-state index is -0.158. The van der Waals surface area contributed by atoms with Crippen molar-refractivity contribution >= 4 is 23.2 Å². The third-order valence-electron chi connectivity index (χ3n) is 4.78. The fourth-order valence-corrected chi connectivity index (χ4v) is 4.20. The number of carbonyl (C=O) groups is 2. The normalized spacial score (nSPS) is 13.5. The number of benzene rings is 1. The van der Waals surface area contributed by atoms with Gasteiger partial charge in [-0.05, 0) is 12.5 Å². The molecule has 0 bridgehead atoms. The molecule has 0 radical (unpaired) electrons. The Morgan fingerprint density at radius 3 is 2.66 bits per heavy atom. The van der Waals surface area contributed by atoms with E-state index in [1.54, 1.807) is 11.1 Å². The van der Waals surface area contributed by atoms with Crippen molar-refractivity contribution < 1.29 is 9.59 Å². The van der Waals surface area contributed by atoms with Crippen molar-refractivity contribution in [3.8, 4) is 0 Å². The van der Waals surface area contributed by atoms with Crippen LogP contribution in [-0.4, -0.2) is 44.8 Å². The Kier molecular flexibility index (Phi) is 5.62. The maximum atomic E-state index is 12.7. The lowest BCUT2D eigenvalue weighted by molar-refractivity contribution is 0.0756. The number of carbonyl (C=O) groups excluding carboxylic acids is 2. The van der Waals surface area contributed by atoms with Gasteiger partial charge < -0.3 is 10.2 Å². The summed E-state index contributed by atoms with van der Waals surface area (Å²) in [6.07, 6.45) is 4.43. The van der Waals surface area contributed by atoms with Gasteiger partial charge in [0.25, 0.3) is 11.8 Å². The molecule has 2 amide bonds. The van der Waals surface area contributed by atoms with Crippen LogP contribution in [0.15, 0.2) is 42.7 Å². The predicted molar refractivity (Wildman–Crippen MR) is 110 cm³/mol. The molecule has 3 heterocycles. The molecule has 4 rings (SSSR count). The maximum Gasteiger partial charge on any atom is 0.280 e. The summed E-state index contributed by atoms with van der Waals surface area (Å²) >= 11 is 1.41. The second-order valence-corrected chi connectivity index (χ2v) is 7.98. The molecule has 2 aromatic heterocycles. The standard InChI is InChI=1S/C21H21N5O2S/c1-14-11-23-17(13-22-14)21(28)26-9-7-16-18(8-10-26)29-20(25-16)19(27)24-12-15-5-3-2-4-6-15/h2-6,11,13H,7-10,12H2,1H3,(H,24,27). The molecule has 1 aliphatic heterocycles. The highest BCUT2D eigenvalue weighted by Gasteiger charge is 2.24. The zero-order valence-corrected chi connectivity index (χ0v) is 16.9. The van der Waals surface area contributed by atoms with Crippen molar-refractivity contribution in [3.63, 3.8) is 0 Å². The van der Waals surface area contributed by atoms with Gasteiger partial charge >= 0.3 is 0 Å². The van der Waals surface area contributed by atoms with E-state index in [-0.39, 0.29) is 11.8 Å². The quantitative estimate of drug-likeness (QED) is 0.718. The van der Waals surface area contributed by atoms with E-state index in [1.165, 1.54) is 17.5 Å². The Labute approximate surface area is 172 Å². The molecule has 0 aliphatic carbocycles. The molecule has 29 heavy (non-hydrogen) atoms. The minimum Gasteiger partial charge on any atom is -0.346 e. The zero-order chi connectivity index (χ0) is 20.2. The predicted octanol–water partition coefficient (Wildman–Crippen LogP) is 2.41. The summed E-state index contributed by atoms with van der Waals surface area (Å²) in [6, 6.07) is 9.79. The number of amides is 2. The third-order valence-corrected chi connectivity index (χ3v) is 5.94.